The van der Waals surface area contributed by atoms with Crippen LogP contribution in [0.1, 0.15) is 36.0 Å². The Morgan fingerprint density at radius 3 is 2.51 bits per heavy atom. The summed E-state index contributed by atoms with van der Waals surface area (Å²) in [5.74, 6) is 1.70. The van der Waals surface area contributed by atoms with Crippen LogP contribution >= 0.6 is 0 Å². The molecule has 6 rings (SSSR count). The van der Waals surface area contributed by atoms with Crippen molar-refractivity contribution in [2.75, 3.05) is 38.1 Å². The molecule has 1 saturated heterocycles. The third kappa shape index (κ3) is 5.33. The molecular weight excluding hydrogens is 456 g/mol. The van der Waals surface area contributed by atoms with Gasteiger partial charge in [0.05, 0.1) is 11.0 Å². The monoisotopic (exact) mass is 492 g/mol. The third-order valence-electron chi connectivity index (χ3n) is 8.18. The number of rotatable bonds is 4. The maximum Gasteiger partial charge on any atom is 0.130 e. The number of benzene rings is 3. The van der Waals surface area contributed by atoms with E-state index in [1.165, 1.54) is 16.8 Å². The predicted octanol–water partition coefficient (Wildman–Crippen LogP) is 4.42. The van der Waals surface area contributed by atoms with Gasteiger partial charge >= 0.3 is 0 Å². The minimum Gasteiger partial charge on any atom is -0.508 e. The van der Waals surface area contributed by atoms with Crippen LogP contribution in [0.5, 0.6) is 5.75 Å². The second-order valence-electron chi connectivity index (χ2n) is 10.8. The van der Waals surface area contributed by atoms with Gasteiger partial charge in [-0.05, 0) is 97.8 Å². The molecule has 1 unspecified atom stereocenters. The zero-order valence-corrected chi connectivity index (χ0v) is 21.7. The summed E-state index contributed by atoms with van der Waals surface area (Å²) < 4.78 is 0. The van der Waals surface area contributed by atoms with Gasteiger partial charge in [-0.2, -0.15) is 0 Å². The zero-order valence-electron chi connectivity index (χ0n) is 21.7. The number of fused-ring (bicyclic) bond motifs is 2. The summed E-state index contributed by atoms with van der Waals surface area (Å²) in [4.78, 5) is 14.8. The summed E-state index contributed by atoms with van der Waals surface area (Å²) in [6.45, 7) is 4.32. The van der Waals surface area contributed by atoms with Crippen LogP contribution in [-0.4, -0.2) is 49.1 Å². The zero-order chi connectivity index (χ0) is 25.2. The van der Waals surface area contributed by atoms with E-state index in [0.29, 0.717) is 11.7 Å². The van der Waals surface area contributed by atoms with E-state index in [0.717, 1.165) is 92.4 Å². The molecular formula is C32H36N4O. The van der Waals surface area contributed by atoms with Gasteiger partial charge in [-0.3, -0.25) is 0 Å². The average molecular weight is 493 g/mol. The molecule has 1 atom stereocenters. The Bertz CT molecular complexity index is 1420. The molecule has 3 aromatic rings. The first-order valence-corrected chi connectivity index (χ1v) is 13.7. The quantitative estimate of drug-likeness (QED) is 0.587. The summed E-state index contributed by atoms with van der Waals surface area (Å²) in [6, 6.07) is 21.2. The number of likely N-dealkylation sites (N-methyl/N-ethyl adjacent to an activating group) is 1. The minimum absolute atomic E-state index is 0.354. The van der Waals surface area contributed by atoms with Gasteiger partial charge in [0.1, 0.15) is 11.6 Å². The fourth-order valence-corrected chi connectivity index (χ4v) is 5.95. The maximum atomic E-state index is 10.9. The Balaban J connectivity index is 1.27. The second-order valence-corrected chi connectivity index (χ2v) is 10.8. The van der Waals surface area contributed by atoms with E-state index in [1.807, 2.05) is 12.1 Å². The molecule has 190 valence electrons. The van der Waals surface area contributed by atoms with Gasteiger partial charge in [0, 0.05) is 43.9 Å². The molecule has 5 nitrogen and oxygen atoms in total. The van der Waals surface area contributed by atoms with Gasteiger partial charge in [0.2, 0.25) is 0 Å². The van der Waals surface area contributed by atoms with Crippen molar-refractivity contribution in [2.45, 2.75) is 38.5 Å². The van der Waals surface area contributed by atoms with E-state index in [-0.39, 0.29) is 0 Å². The fraction of sp³-hybridized carbons (Fsp3) is 0.375. The predicted molar refractivity (Wildman–Crippen MR) is 151 cm³/mol. The SMILES string of the molecule is CN1CCN(c2ccc(N=C3CCC=c4ccc(O)c(CC5CCc6ccccc6C5)c4=N3)cc2)CC1. The molecule has 37 heavy (non-hydrogen) atoms. The molecule has 2 aliphatic heterocycles. The molecule has 1 fully saturated rings. The first-order valence-electron chi connectivity index (χ1n) is 13.7. The van der Waals surface area contributed by atoms with Crippen molar-refractivity contribution in [2.24, 2.45) is 15.9 Å². The van der Waals surface area contributed by atoms with Crippen LogP contribution in [0.2, 0.25) is 0 Å². The highest BCUT2D eigenvalue weighted by molar-refractivity contribution is 5.86. The highest BCUT2D eigenvalue weighted by Crippen LogP contribution is 2.29. The van der Waals surface area contributed by atoms with Gasteiger partial charge < -0.3 is 14.9 Å². The second kappa shape index (κ2) is 10.5. The lowest BCUT2D eigenvalue weighted by atomic mass is 9.80. The van der Waals surface area contributed by atoms with Crippen LogP contribution in [-0.2, 0) is 19.3 Å². The molecule has 0 spiro atoms. The molecule has 2 heterocycles. The Kier molecular flexibility index (Phi) is 6.79. The van der Waals surface area contributed by atoms with Crippen molar-refractivity contribution in [1.29, 1.82) is 0 Å². The number of aliphatic imine (C=N–C) groups is 1. The van der Waals surface area contributed by atoms with Gasteiger partial charge in [0.15, 0.2) is 0 Å². The molecule has 5 heteroatoms. The lowest BCUT2D eigenvalue weighted by Gasteiger charge is -2.34. The number of amidine groups is 1. The van der Waals surface area contributed by atoms with Crippen molar-refractivity contribution in [3.63, 3.8) is 0 Å². The first kappa shape index (κ1) is 23.9. The molecule has 0 aromatic heterocycles. The van der Waals surface area contributed by atoms with Crippen LogP contribution < -0.4 is 15.5 Å². The molecule has 1 aliphatic carbocycles. The lowest BCUT2D eigenvalue weighted by molar-refractivity contribution is 0.313. The molecule has 1 N–H and O–H groups in total. The van der Waals surface area contributed by atoms with Crippen molar-refractivity contribution < 1.29 is 5.11 Å². The van der Waals surface area contributed by atoms with Gasteiger partial charge in [0.25, 0.3) is 0 Å². The number of anilines is 1. The van der Waals surface area contributed by atoms with Gasteiger partial charge in [-0.1, -0.05) is 30.3 Å². The minimum atomic E-state index is 0.354. The normalized spacial score (nSPS) is 20.9. The average Bonchev–Trinajstić information content (AvgIpc) is 3.13. The van der Waals surface area contributed by atoms with Crippen LogP contribution in [0, 0.1) is 5.92 Å². The molecule has 3 aromatic carbocycles. The standard InChI is InChI=1S/C32H36N4O/c1-35-17-19-36(20-18-35)28-14-12-27(13-15-28)33-31-8-4-7-25-11-16-30(37)29(32(25)34-31)22-23-9-10-24-5-2-3-6-26(24)21-23/h2-3,5-7,11-16,23,37H,4,8-10,17-22H2,1H3. The van der Waals surface area contributed by atoms with Crippen LogP contribution in [0.15, 0.2) is 70.6 Å². The number of phenolic OH excluding ortho intramolecular Hbond substituents is 1. The molecule has 0 amide bonds. The van der Waals surface area contributed by atoms with Crippen molar-refractivity contribution >= 4 is 23.3 Å². The number of aromatic hydroxyl groups is 1. The van der Waals surface area contributed by atoms with E-state index < -0.39 is 0 Å². The summed E-state index contributed by atoms with van der Waals surface area (Å²) >= 11 is 0. The molecule has 3 aliphatic rings. The van der Waals surface area contributed by atoms with Crippen LogP contribution in [0.25, 0.3) is 6.08 Å². The number of hydrogen-bond donors (Lipinski definition) is 1. The third-order valence-corrected chi connectivity index (χ3v) is 8.18. The Hall–Kier alpha value is -3.44. The molecule has 0 saturated carbocycles. The summed E-state index contributed by atoms with van der Waals surface area (Å²) in [6.07, 6.45) is 8.09. The van der Waals surface area contributed by atoms with Crippen molar-refractivity contribution in [3.8, 4) is 5.75 Å². The van der Waals surface area contributed by atoms with Crippen molar-refractivity contribution in [1.82, 2.24) is 4.90 Å². The maximum absolute atomic E-state index is 10.9. The number of aryl methyl sites for hydroxylation is 1. The Morgan fingerprint density at radius 2 is 1.70 bits per heavy atom. The lowest BCUT2D eigenvalue weighted by Crippen LogP contribution is -2.44. The van der Waals surface area contributed by atoms with E-state index in [4.69, 9.17) is 9.98 Å². The summed E-state index contributed by atoms with van der Waals surface area (Å²) in [7, 11) is 2.18. The number of phenols is 1. The van der Waals surface area contributed by atoms with Crippen LogP contribution in [0.4, 0.5) is 11.4 Å². The highest BCUT2D eigenvalue weighted by Gasteiger charge is 2.21. The summed E-state index contributed by atoms with van der Waals surface area (Å²) in [5, 5.41) is 12.9. The largest absolute Gasteiger partial charge is 0.508 e. The van der Waals surface area contributed by atoms with E-state index in [9.17, 15) is 5.11 Å². The Morgan fingerprint density at radius 1 is 0.919 bits per heavy atom. The molecule has 0 radical (unpaired) electrons. The van der Waals surface area contributed by atoms with Crippen LogP contribution in [0.3, 0.4) is 0 Å². The van der Waals surface area contributed by atoms with Gasteiger partial charge in [-0.15, -0.1) is 0 Å². The van der Waals surface area contributed by atoms with Gasteiger partial charge in [-0.25, -0.2) is 9.98 Å². The highest BCUT2D eigenvalue weighted by atomic mass is 16.3. The smallest absolute Gasteiger partial charge is 0.130 e. The van der Waals surface area contributed by atoms with E-state index >= 15 is 0 Å². The number of piperazine rings is 1. The topological polar surface area (TPSA) is 51.4 Å². The number of hydrogen-bond acceptors (Lipinski definition) is 4. The number of nitrogens with zero attached hydrogens (tertiary/aromatic N) is 4. The first-order chi connectivity index (χ1) is 18.1. The van der Waals surface area contributed by atoms with E-state index in [1.54, 1.807) is 0 Å². The summed E-state index contributed by atoms with van der Waals surface area (Å²) in [5.41, 5.74) is 6.09. The van der Waals surface area contributed by atoms with E-state index in [2.05, 4.69) is 71.5 Å². The van der Waals surface area contributed by atoms with Crippen molar-refractivity contribution in [3.05, 3.63) is 87.9 Å². The Labute approximate surface area is 219 Å². The molecule has 0 bridgehead atoms. The fourth-order valence-electron chi connectivity index (χ4n) is 5.95.